The molecule has 0 aromatic rings. The van der Waals surface area contributed by atoms with Crippen LogP contribution in [-0.4, -0.2) is 35.7 Å². The zero-order valence-electron chi connectivity index (χ0n) is 10.5. The first kappa shape index (κ1) is 14.1. The predicted molar refractivity (Wildman–Crippen MR) is 61.7 cm³/mol. The Balaban J connectivity index is 2.71. The van der Waals surface area contributed by atoms with Gasteiger partial charge in [-0.25, -0.2) is 4.99 Å². The van der Waals surface area contributed by atoms with Crippen molar-refractivity contribution in [3.05, 3.63) is 0 Å². The topological polar surface area (TPSA) is 41.6 Å². The number of hydrogen-bond acceptors (Lipinski definition) is 1. The molecule has 1 rings (SSSR count). The summed E-state index contributed by atoms with van der Waals surface area (Å²) in [5.74, 6) is -1.07. The van der Waals surface area contributed by atoms with E-state index >= 15 is 0 Å². The zero-order chi connectivity index (χ0) is 13.3. The summed E-state index contributed by atoms with van der Waals surface area (Å²) in [5, 5.41) is 0. The van der Waals surface area contributed by atoms with Crippen LogP contribution in [0.4, 0.5) is 13.2 Å². The lowest BCUT2D eigenvalue weighted by atomic mass is 9.98. The highest BCUT2D eigenvalue weighted by Gasteiger charge is 2.42. The Morgan fingerprint density at radius 1 is 1.29 bits per heavy atom. The van der Waals surface area contributed by atoms with Crippen LogP contribution < -0.4 is 5.73 Å². The molecule has 0 saturated carbocycles. The molecule has 0 aromatic carbocycles. The van der Waals surface area contributed by atoms with Crippen molar-refractivity contribution in [3.8, 4) is 0 Å². The van der Waals surface area contributed by atoms with Crippen LogP contribution in [0.1, 0.15) is 33.6 Å². The van der Waals surface area contributed by atoms with Crippen molar-refractivity contribution in [1.82, 2.24) is 4.90 Å². The number of rotatable bonds is 0. The van der Waals surface area contributed by atoms with E-state index in [1.807, 2.05) is 20.8 Å². The Hall–Kier alpha value is -0.940. The predicted octanol–water partition coefficient (Wildman–Crippen LogP) is 2.37. The summed E-state index contributed by atoms with van der Waals surface area (Å²) in [5.41, 5.74) is 5.38. The van der Waals surface area contributed by atoms with Gasteiger partial charge in [0.1, 0.15) is 0 Å². The first-order valence-corrected chi connectivity index (χ1v) is 5.76. The smallest absolute Gasteiger partial charge is 0.370 e. The molecule has 100 valence electrons. The second-order valence-corrected chi connectivity index (χ2v) is 5.47. The molecule has 0 aromatic heterocycles. The maximum atomic E-state index is 12.6. The number of nitrogens with two attached hydrogens (primary N) is 1. The molecule has 3 nitrogen and oxygen atoms in total. The van der Waals surface area contributed by atoms with Crippen molar-refractivity contribution in [2.24, 2.45) is 16.6 Å². The highest BCUT2D eigenvalue weighted by molar-refractivity contribution is 5.78. The summed E-state index contributed by atoms with van der Waals surface area (Å²) in [6.45, 7) is 6.08. The van der Waals surface area contributed by atoms with E-state index in [4.69, 9.17) is 5.73 Å². The molecule has 1 unspecified atom stereocenters. The van der Waals surface area contributed by atoms with E-state index in [2.05, 4.69) is 4.99 Å². The molecular formula is C11H20F3N3. The van der Waals surface area contributed by atoms with Crippen LogP contribution in [0.5, 0.6) is 0 Å². The van der Waals surface area contributed by atoms with Crippen LogP contribution in [0.2, 0.25) is 0 Å². The van der Waals surface area contributed by atoms with E-state index in [1.54, 1.807) is 0 Å². The minimum atomic E-state index is -4.14. The van der Waals surface area contributed by atoms with Crippen molar-refractivity contribution in [2.75, 3.05) is 13.1 Å². The van der Waals surface area contributed by atoms with Crippen LogP contribution in [0.15, 0.2) is 4.99 Å². The van der Waals surface area contributed by atoms with E-state index in [1.165, 1.54) is 4.90 Å². The number of likely N-dealkylation sites (tertiary alicyclic amines) is 1. The Labute approximate surface area is 99.9 Å². The summed E-state index contributed by atoms with van der Waals surface area (Å²) in [7, 11) is 0. The Morgan fingerprint density at radius 2 is 1.88 bits per heavy atom. The van der Waals surface area contributed by atoms with Gasteiger partial charge in [0.25, 0.3) is 0 Å². The molecule has 2 N–H and O–H groups in total. The van der Waals surface area contributed by atoms with Gasteiger partial charge in [0.05, 0.1) is 11.5 Å². The normalized spacial score (nSPS) is 24.0. The minimum absolute atomic E-state index is 0.0745. The molecule has 0 amide bonds. The van der Waals surface area contributed by atoms with E-state index < -0.39 is 12.1 Å². The number of piperidine rings is 1. The molecule has 1 atom stereocenters. The fourth-order valence-electron chi connectivity index (χ4n) is 1.87. The molecule has 1 aliphatic heterocycles. The fraction of sp³-hybridized carbons (Fsp3) is 0.909. The summed E-state index contributed by atoms with van der Waals surface area (Å²) in [4.78, 5) is 5.74. The summed E-state index contributed by atoms with van der Waals surface area (Å²) >= 11 is 0. The van der Waals surface area contributed by atoms with Crippen LogP contribution in [0.25, 0.3) is 0 Å². The number of hydrogen-bond donors (Lipinski definition) is 1. The Bertz CT molecular complexity index is 291. The lowest BCUT2D eigenvalue weighted by Gasteiger charge is -2.35. The van der Waals surface area contributed by atoms with Crippen LogP contribution in [0.3, 0.4) is 0 Å². The van der Waals surface area contributed by atoms with Crippen LogP contribution in [-0.2, 0) is 0 Å². The maximum Gasteiger partial charge on any atom is 0.393 e. The summed E-state index contributed by atoms with van der Waals surface area (Å²) in [6.07, 6.45) is -3.45. The summed E-state index contributed by atoms with van der Waals surface area (Å²) in [6, 6.07) is 0. The average Bonchev–Trinajstić information content (AvgIpc) is 2.14. The van der Waals surface area contributed by atoms with Crippen LogP contribution >= 0.6 is 0 Å². The van der Waals surface area contributed by atoms with Gasteiger partial charge in [-0.2, -0.15) is 13.2 Å². The molecule has 0 radical (unpaired) electrons. The average molecular weight is 251 g/mol. The monoisotopic (exact) mass is 251 g/mol. The van der Waals surface area contributed by atoms with Gasteiger partial charge in [-0.05, 0) is 33.6 Å². The van der Waals surface area contributed by atoms with Gasteiger partial charge in [-0.3, -0.25) is 0 Å². The lowest BCUT2D eigenvalue weighted by molar-refractivity contribution is -0.183. The zero-order valence-corrected chi connectivity index (χ0v) is 10.5. The van der Waals surface area contributed by atoms with Gasteiger partial charge in [0.15, 0.2) is 5.96 Å². The maximum absolute atomic E-state index is 12.6. The Kier molecular flexibility index (Phi) is 3.94. The molecular weight excluding hydrogens is 231 g/mol. The molecule has 0 aliphatic carbocycles. The summed E-state index contributed by atoms with van der Waals surface area (Å²) < 4.78 is 37.8. The highest BCUT2D eigenvalue weighted by Crippen LogP contribution is 2.33. The van der Waals surface area contributed by atoms with E-state index in [0.29, 0.717) is 13.0 Å². The molecule has 0 bridgehead atoms. The first-order valence-electron chi connectivity index (χ1n) is 5.76. The van der Waals surface area contributed by atoms with Crippen molar-refractivity contribution >= 4 is 5.96 Å². The number of alkyl halides is 3. The third-order valence-electron chi connectivity index (χ3n) is 2.66. The highest BCUT2D eigenvalue weighted by atomic mass is 19.4. The standard InChI is InChI=1S/C11H20F3N3/c1-10(2,3)16-9(15)17-6-4-5-8(7-17)11(12,13)14/h8H,4-7H2,1-3H3,(H2,15,16). The van der Waals surface area contributed by atoms with Crippen molar-refractivity contribution in [3.63, 3.8) is 0 Å². The quantitative estimate of drug-likeness (QED) is 0.530. The SMILES string of the molecule is CC(C)(C)N=C(N)N1CCCC(C(F)(F)F)C1. The van der Waals surface area contributed by atoms with Gasteiger partial charge >= 0.3 is 6.18 Å². The third-order valence-corrected chi connectivity index (χ3v) is 2.66. The van der Waals surface area contributed by atoms with Crippen molar-refractivity contribution < 1.29 is 13.2 Å². The van der Waals surface area contributed by atoms with E-state index in [0.717, 1.165) is 0 Å². The number of nitrogens with zero attached hydrogens (tertiary/aromatic N) is 2. The van der Waals surface area contributed by atoms with Gasteiger partial charge in [-0.15, -0.1) is 0 Å². The number of halogens is 3. The fourth-order valence-corrected chi connectivity index (χ4v) is 1.87. The largest absolute Gasteiger partial charge is 0.393 e. The van der Waals surface area contributed by atoms with Gasteiger partial charge in [0, 0.05) is 13.1 Å². The Morgan fingerprint density at radius 3 is 2.35 bits per heavy atom. The molecule has 17 heavy (non-hydrogen) atoms. The first-order chi connectivity index (χ1) is 7.59. The van der Waals surface area contributed by atoms with Gasteiger partial charge < -0.3 is 10.6 Å². The molecule has 1 saturated heterocycles. The van der Waals surface area contributed by atoms with Gasteiger partial charge in [0.2, 0.25) is 0 Å². The second-order valence-electron chi connectivity index (χ2n) is 5.47. The molecule has 0 spiro atoms. The van der Waals surface area contributed by atoms with Crippen molar-refractivity contribution in [2.45, 2.75) is 45.3 Å². The third kappa shape index (κ3) is 4.44. The lowest BCUT2D eigenvalue weighted by Crippen LogP contribution is -2.48. The van der Waals surface area contributed by atoms with Crippen LogP contribution in [0, 0.1) is 5.92 Å². The van der Waals surface area contributed by atoms with Crippen molar-refractivity contribution in [1.29, 1.82) is 0 Å². The minimum Gasteiger partial charge on any atom is -0.370 e. The van der Waals surface area contributed by atoms with E-state index in [9.17, 15) is 13.2 Å². The molecule has 1 aliphatic rings. The number of guanidine groups is 1. The molecule has 1 fully saturated rings. The van der Waals surface area contributed by atoms with Gasteiger partial charge in [-0.1, -0.05) is 0 Å². The molecule has 6 heteroatoms. The van der Waals surface area contributed by atoms with E-state index in [-0.39, 0.29) is 24.5 Å². The number of aliphatic imine (C=N–C) groups is 1. The second kappa shape index (κ2) is 4.74. The molecule has 1 heterocycles.